The molecule has 1 N–H and O–H groups in total. The van der Waals surface area contributed by atoms with E-state index in [1.54, 1.807) is 0 Å². The highest BCUT2D eigenvalue weighted by atomic mass is 16.7. The summed E-state index contributed by atoms with van der Waals surface area (Å²) in [7, 11) is 0. The molecule has 1 aromatic carbocycles. The van der Waals surface area contributed by atoms with Gasteiger partial charge in [-0.15, -0.1) is 0 Å². The second kappa shape index (κ2) is 6.95. The number of hydrogen-bond donors (Lipinski definition) is 1. The molecule has 128 valence electrons. The quantitative estimate of drug-likeness (QED) is 0.636. The molecule has 1 aliphatic rings. The Kier molecular flexibility index (Phi) is 4.55. The summed E-state index contributed by atoms with van der Waals surface area (Å²) < 4.78 is 15.3. The Morgan fingerprint density at radius 2 is 1.96 bits per heavy atom. The molecule has 2 heterocycles. The summed E-state index contributed by atoms with van der Waals surface area (Å²) in [4.78, 5) is 43.0. The number of fused-ring (bicyclic) bond motifs is 1. The van der Waals surface area contributed by atoms with E-state index in [1.165, 1.54) is 37.6 Å². The van der Waals surface area contributed by atoms with Crippen LogP contribution in [0.5, 0.6) is 11.5 Å². The minimum absolute atomic E-state index is 0.0113. The summed E-state index contributed by atoms with van der Waals surface area (Å²) in [5.74, 6) is -0.807. The molecule has 0 unspecified atom stereocenters. The molecular formula is C16H13N3O6. The summed E-state index contributed by atoms with van der Waals surface area (Å²) in [6.45, 7) is 0.863. The van der Waals surface area contributed by atoms with Crippen molar-refractivity contribution in [1.29, 1.82) is 0 Å². The first-order valence-corrected chi connectivity index (χ1v) is 7.22. The molecule has 1 amide bonds. The van der Waals surface area contributed by atoms with E-state index in [-0.39, 0.29) is 29.5 Å². The SMILES string of the molecule is CC(=O)c1cc2c(cc1NC(=O)COC(=O)c1cnccn1)OCO2. The molecule has 0 saturated heterocycles. The Labute approximate surface area is 141 Å². The molecule has 1 aliphatic heterocycles. The molecule has 0 spiro atoms. The number of benzene rings is 1. The molecule has 0 atom stereocenters. The van der Waals surface area contributed by atoms with Gasteiger partial charge in [0.25, 0.3) is 5.91 Å². The Bertz CT molecular complexity index is 837. The fourth-order valence-electron chi connectivity index (χ4n) is 2.13. The molecule has 0 fully saturated rings. The van der Waals surface area contributed by atoms with Crippen molar-refractivity contribution in [2.75, 3.05) is 18.7 Å². The Morgan fingerprint density at radius 1 is 1.20 bits per heavy atom. The van der Waals surface area contributed by atoms with Crippen LogP contribution in [-0.2, 0) is 9.53 Å². The Morgan fingerprint density at radius 3 is 2.64 bits per heavy atom. The normalized spacial score (nSPS) is 11.7. The number of anilines is 1. The third-order valence-corrected chi connectivity index (χ3v) is 3.27. The fraction of sp³-hybridized carbons (Fsp3) is 0.188. The van der Waals surface area contributed by atoms with E-state index in [0.29, 0.717) is 11.5 Å². The van der Waals surface area contributed by atoms with Crippen LogP contribution in [0.15, 0.2) is 30.7 Å². The number of nitrogens with one attached hydrogen (secondary N) is 1. The topological polar surface area (TPSA) is 117 Å². The lowest BCUT2D eigenvalue weighted by atomic mass is 10.1. The zero-order valence-electron chi connectivity index (χ0n) is 13.1. The molecule has 25 heavy (non-hydrogen) atoms. The van der Waals surface area contributed by atoms with Gasteiger partial charge in [-0.25, -0.2) is 9.78 Å². The van der Waals surface area contributed by atoms with Crippen molar-refractivity contribution in [1.82, 2.24) is 9.97 Å². The number of ketones is 1. The van der Waals surface area contributed by atoms with E-state index in [0.717, 1.165) is 0 Å². The van der Waals surface area contributed by atoms with Crippen molar-refractivity contribution >= 4 is 23.3 Å². The van der Waals surface area contributed by atoms with Crippen LogP contribution in [0.2, 0.25) is 0 Å². The molecule has 2 aromatic rings. The van der Waals surface area contributed by atoms with Gasteiger partial charge in [-0.05, 0) is 13.0 Å². The van der Waals surface area contributed by atoms with Gasteiger partial charge in [0.2, 0.25) is 6.79 Å². The minimum Gasteiger partial charge on any atom is -0.454 e. The number of ether oxygens (including phenoxy) is 3. The van der Waals surface area contributed by atoms with Crippen LogP contribution >= 0.6 is 0 Å². The third kappa shape index (κ3) is 3.71. The first-order chi connectivity index (χ1) is 12.0. The van der Waals surface area contributed by atoms with Crippen LogP contribution < -0.4 is 14.8 Å². The number of hydrogen-bond acceptors (Lipinski definition) is 8. The first-order valence-electron chi connectivity index (χ1n) is 7.22. The maximum absolute atomic E-state index is 12.0. The van der Waals surface area contributed by atoms with Crippen molar-refractivity contribution in [2.24, 2.45) is 0 Å². The molecule has 0 aliphatic carbocycles. The third-order valence-electron chi connectivity index (χ3n) is 3.27. The average Bonchev–Trinajstić information content (AvgIpc) is 3.07. The number of carbonyl (C=O) groups excluding carboxylic acids is 3. The number of amides is 1. The van der Waals surface area contributed by atoms with Gasteiger partial charge in [0.1, 0.15) is 0 Å². The lowest BCUT2D eigenvalue weighted by molar-refractivity contribution is -0.119. The summed E-state index contributed by atoms with van der Waals surface area (Å²) in [5, 5.41) is 2.52. The summed E-state index contributed by atoms with van der Waals surface area (Å²) in [5.41, 5.74) is 0.498. The summed E-state index contributed by atoms with van der Waals surface area (Å²) in [6.07, 6.45) is 3.97. The number of Topliss-reactive ketones (excluding diaryl/α,β-unsaturated/α-hetero) is 1. The molecule has 1 aromatic heterocycles. The first kappa shape index (κ1) is 16.4. The Balaban J connectivity index is 1.67. The van der Waals surface area contributed by atoms with Gasteiger partial charge < -0.3 is 19.5 Å². The largest absolute Gasteiger partial charge is 0.454 e. The van der Waals surface area contributed by atoms with E-state index in [2.05, 4.69) is 15.3 Å². The van der Waals surface area contributed by atoms with Gasteiger partial charge in [-0.1, -0.05) is 0 Å². The number of esters is 1. The molecule has 3 rings (SSSR count). The van der Waals surface area contributed by atoms with Gasteiger partial charge in [0, 0.05) is 24.0 Å². The number of aromatic nitrogens is 2. The fourth-order valence-corrected chi connectivity index (χ4v) is 2.13. The molecule has 0 radical (unpaired) electrons. The summed E-state index contributed by atoms with van der Waals surface area (Å²) in [6, 6.07) is 2.98. The highest BCUT2D eigenvalue weighted by Gasteiger charge is 2.21. The van der Waals surface area contributed by atoms with Crippen LogP contribution in [-0.4, -0.2) is 41.0 Å². The van der Waals surface area contributed by atoms with Crippen molar-refractivity contribution < 1.29 is 28.6 Å². The number of nitrogens with zero attached hydrogens (tertiary/aromatic N) is 2. The zero-order valence-corrected chi connectivity index (χ0v) is 13.1. The van der Waals surface area contributed by atoms with Crippen molar-refractivity contribution in [2.45, 2.75) is 6.92 Å². The molecule has 0 bridgehead atoms. The zero-order chi connectivity index (χ0) is 17.8. The van der Waals surface area contributed by atoms with Gasteiger partial charge >= 0.3 is 5.97 Å². The predicted octanol–water partition coefficient (Wildman–Crippen LogP) is 1.20. The van der Waals surface area contributed by atoms with E-state index < -0.39 is 18.5 Å². The van der Waals surface area contributed by atoms with Crippen LogP contribution in [0.25, 0.3) is 0 Å². The number of carbonyl (C=O) groups is 3. The average molecular weight is 343 g/mol. The molecular weight excluding hydrogens is 330 g/mol. The maximum atomic E-state index is 12.0. The lowest BCUT2D eigenvalue weighted by Gasteiger charge is -2.10. The van der Waals surface area contributed by atoms with Crippen LogP contribution in [0, 0.1) is 0 Å². The highest BCUT2D eigenvalue weighted by Crippen LogP contribution is 2.37. The number of rotatable bonds is 5. The van der Waals surface area contributed by atoms with Crippen LogP contribution in [0.4, 0.5) is 5.69 Å². The lowest BCUT2D eigenvalue weighted by Crippen LogP contribution is -2.22. The smallest absolute Gasteiger partial charge is 0.359 e. The van der Waals surface area contributed by atoms with Crippen LogP contribution in [0.3, 0.4) is 0 Å². The predicted molar refractivity (Wildman–Crippen MR) is 83.5 cm³/mol. The van der Waals surface area contributed by atoms with E-state index in [9.17, 15) is 14.4 Å². The summed E-state index contributed by atoms with van der Waals surface area (Å²) >= 11 is 0. The van der Waals surface area contributed by atoms with Gasteiger partial charge in [0.15, 0.2) is 29.6 Å². The Hall–Kier alpha value is -3.49. The van der Waals surface area contributed by atoms with E-state index >= 15 is 0 Å². The van der Waals surface area contributed by atoms with Gasteiger partial charge in [0.05, 0.1) is 11.9 Å². The highest BCUT2D eigenvalue weighted by molar-refractivity contribution is 6.05. The second-order valence-electron chi connectivity index (χ2n) is 5.02. The van der Waals surface area contributed by atoms with Crippen molar-refractivity contribution in [3.63, 3.8) is 0 Å². The van der Waals surface area contributed by atoms with E-state index in [4.69, 9.17) is 14.2 Å². The van der Waals surface area contributed by atoms with Crippen molar-refractivity contribution in [3.05, 3.63) is 42.0 Å². The van der Waals surface area contributed by atoms with Gasteiger partial charge in [-0.2, -0.15) is 0 Å². The van der Waals surface area contributed by atoms with Crippen LogP contribution in [0.1, 0.15) is 27.8 Å². The second-order valence-corrected chi connectivity index (χ2v) is 5.02. The monoisotopic (exact) mass is 343 g/mol. The molecule has 9 heteroatoms. The molecule has 9 nitrogen and oxygen atoms in total. The standard InChI is InChI=1S/C16H13N3O6/c1-9(20)10-4-13-14(25-8-24-13)5-11(10)19-15(21)7-23-16(22)12-6-17-2-3-18-12/h2-6H,7-8H2,1H3,(H,19,21). The molecule has 0 saturated carbocycles. The maximum Gasteiger partial charge on any atom is 0.359 e. The van der Waals surface area contributed by atoms with E-state index in [1.807, 2.05) is 0 Å². The van der Waals surface area contributed by atoms with Crippen molar-refractivity contribution in [3.8, 4) is 11.5 Å². The minimum atomic E-state index is -0.777. The van der Waals surface area contributed by atoms with Gasteiger partial charge in [-0.3, -0.25) is 14.6 Å².